The highest BCUT2D eigenvalue weighted by molar-refractivity contribution is 5.91. The summed E-state index contributed by atoms with van der Waals surface area (Å²) in [6.45, 7) is 4.50. The number of hydrogen-bond acceptors (Lipinski definition) is 9. The summed E-state index contributed by atoms with van der Waals surface area (Å²) in [6.07, 6.45) is 10.0. The summed E-state index contributed by atoms with van der Waals surface area (Å²) in [5, 5.41) is 26.5. The molecule has 12 heteroatoms. The van der Waals surface area contributed by atoms with Crippen LogP contribution in [0.2, 0.25) is 0 Å². The van der Waals surface area contributed by atoms with Gasteiger partial charge in [-0.1, -0.05) is 12.1 Å². The molecule has 7 rings (SSSR count). The molecule has 4 aromatic heterocycles. The zero-order chi connectivity index (χ0) is 28.1. The lowest BCUT2D eigenvalue weighted by Gasteiger charge is -2.35. The molecule has 0 bridgehead atoms. The molecular weight excluding hydrogens is 525 g/mol. The standard InChI is InChI=1S/C29H30FN9O2/c1-29(41,19-2-4-21(30)5-3-19)20-14-31-28(32-15-20)38-10-8-37(9-11-38)27-22-12-23(36-26(22)33-17-34-27)18-13-35-39(16-18)24-6-7-25(24)40/h2-5,12-17,24-25,40-41H,6-11H2,1H3,(H,33,34,36)/t24-,25-,29?/m1/s1. The summed E-state index contributed by atoms with van der Waals surface area (Å²) in [6, 6.07) is 7.89. The van der Waals surface area contributed by atoms with Gasteiger partial charge in [0.15, 0.2) is 0 Å². The molecule has 11 nitrogen and oxygen atoms in total. The van der Waals surface area contributed by atoms with E-state index in [0.717, 1.165) is 54.0 Å². The fourth-order valence-corrected chi connectivity index (χ4v) is 5.56. The summed E-state index contributed by atoms with van der Waals surface area (Å²) in [4.78, 5) is 25.9. The zero-order valence-electron chi connectivity index (χ0n) is 22.5. The van der Waals surface area contributed by atoms with Crippen molar-refractivity contribution in [2.75, 3.05) is 36.0 Å². The van der Waals surface area contributed by atoms with Crippen LogP contribution in [0.3, 0.4) is 0 Å². The van der Waals surface area contributed by atoms with E-state index in [1.54, 1.807) is 37.8 Å². The Morgan fingerprint density at radius 3 is 2.34 bits per heavy atom. The predicted octanol–water partition coefficient (Wildman–Crippen LogP) is 3.03. The summed E-state index contributed by atoms with van der Waals surface area (Å²) in [5.41, 5.74) is 2.38. The van der Waals surface area contributed by atoms with Crippen molar-refractivity contribution in [3.05, 3.63) is 78.4 Å². The average molecular weight is 556 g/mol. The molecule has 1 unspecified atom stereocenters. The molecule has 2 aliphatic rings. The van der Waals surface area contributed by atoms with E-state index < -0.39 is 5.60 Å². The van der Waals surface area contributed by atoms with Crippen molar-refractivity contribution < 1.29 is 14.6 Å². The SMILES string of the molecule is CC(O)(c1ccc(F)cc1)c1cnc(N2CCN(c3ncnc4[nH]c(-c5cnn([C@@H]6CC[C@H]6O)c5)cc34)CC2)nc1. The highest BCUT2D eigenvalue weighted by Crippen LogP contribution is 2.34. The molecule has 1 saturated heterocycles. The third kappa shape index (κ3) is 4.58. The number of anilines is 2. The quantitative estimate of drug-likeness (QED) is 0.289. The number of aromatic nitrogens is 7. The molecular formula is C29H30FN9O2. The number of nitrogens with one attached hydrogen (secondary N) is 1. The van der Waals surface area contributed by atoms with Gasteiger partial charge >= 0.3 is 0 Å². The van der Waals surface area contributed by atoms with E-state index in [0.29, 0.717) is 30.2 Å². The first-order valence-electron chi connectivity index (χ1n) is 13.7. The number of fused-ring (bicyclic) bond motifs is 1. The average Bonchev–Trinajstić information content (AvgIpc) is 3.64. The van der Waals surface area contributed by atoms with Gasteiger partial charge in [-0.2, -0.15) is 5.10 Å². The Hall–Kier alpha value is -4.42. The van der Waals surface area contributed by atoms with E-state index in [2.05, 4.69) is 45.9 Å². The maximum absolute atomic E-state index is 13.3. The Balaban J connectivity index is 1.05. The molecule has 1 aliphatic carbocycles. The van der Waals surface area contributed by atoms with Gasteiger partial charge in [0.05, 0.1) is 29.4 Å². The van der Waals surface area contributed by atoms with Crippen LogP contribution in [0.25, 0.3) is 22.3 Å². The molecule has 0 spiro atoms. The smallest absolute Gasteiger partial charge is 0.225 e. The van der Waals surface area contributed by atoms with E-state index in [-0.39, 0.29) is 18.0 Å². The molecule has 1 aromatic carbocycles. The van der Waals surface area contributed by atoms with Crippen LogP contribution in [0.15, 0.2) is 61.4 Å². The van der Waals surface area contributed by atoms with E-state index in [1.807, 2.05) is 17.1 Å². The molecule has 3 atom stereocenters. The first-order valence-corrected chi connectivity index (χ1v) is 13.7. The Morgan fingerprint density at radius 1 is 0.927 bits per heavy atom. The summed E-state index contributed by atoms with van der Waals surface area (Å²) >= 11 is 0. The van der Waals surface area contributed by atoms with Crippen LogP contribution in [0.1, 0.15) is 36.9 Å². The van der Waals surface area contributed by atoms with Crippen molar-refractivity contribution in [3.8, 4) is 11.3 Å². The number of nitrogens with zero attached hydrogens (tertiary/aromatic N) is 8. The van der Waals surface area contributed by atoms with Crippen LogP contribution < -0.4 is 9.80 Å². The number of piperazine rings is 1. The number of hydrogen-bond donors (Lipinski definition) is 3. The molecule has 5 heterocycles. The molecule has 1 saturated carbocycles. The second-order valence-electron chi connectivity index (χ2n) is 10.9. The minimum Gasteiger partial charge on any atom is -0.391 e. The van der Waals surface area contributed by atoms with Crippen molar-refractivity contribution in [1.29, 1.82) is 0 Å². The maximum atomic E-state index is 13.3. The van der Waals surface area contributed by atoms with Crippen molar-refractivity contribution in [1.82, 2.24) is 34.7 Å². The van der Waals surface area contributed by atoms with Crippen molar-refractivity contribution in [3.63, 3.8) is 0 Å². The molecule has 210 valence electrons. The lowest BCUT2D eigenvalue weighted by atomic mass is 9.89. The third-order valence-electron chi connectivity index (χ3n) is 8.33. The number of aliphatic hydroxyl groups is 2. The molecule has 41 heavy (non-hydrogen) atoms. The third-order valence-corrected chi connectivity index (χ3v) is 8.33. The number of halogens is 1. The molecule has 0 amide bonds. The summed E-state index contributed by atoms with van der Waals surface area (Å²) < 4.78 is 15.2. The first-order chi connectivity index (χ1) is 19.9. The van der Waals surface area contributed by atoms with Crippen LogP contribution in [0, 0.1) is 5.82 Å². The van der Waals surface area contributed by atoms with Gasteiger partial charge in [-0.05, 0) is 43.5 Å². The Kier molecular flexibility index (Phi) is 6.16. The number of aliphatic hydroxyl groups excluding tert-OH is 1. The van der Waals surface area contributed by atoms with Gasteiger partial charge < -0.3 is 25.0 Å². The van der Waals surface area contributed by atoms with Crippen LogP contribution >= 0.6 is 0 Å². The topological polar surface area (TPSA) is 132 Å². The highest BCUT2D eigenvalue weighted by Gasteiger charge is 2.31. The van der Waals surface area contributed by atoms with Crippen LogP contribution in [0.5, 0.6) is 0 Å². The molecule has 2 fully saturated rings. The van der Waals surface area contributed by atoms with E-state index in [1.165, 1.54) is 12.1 Å². The van der Waals surface area contributed by atoms with Crippen LogP contribution in [0.4, 0.5) is 16.2 Å². The molecule has 5 aromatic rings. The van der Waals surface area contributed by atoms with E-state index in [9.17, 15) is 14.6 Å². The predicted molar refractivity (Wildman–Crippen MR) is 151 cm³/mol. The second kappa shape index (κ2) is 9.89. The van der Waals surface area contributed by atoms with Gasteiger partial charge in [0, 0.05) is 55.9 Å². The lowest BCUT2D eigenvalue weighted by molar-refractivity contribution is 0.0254. The van der Waals surface area contributed by atoms with Crippen molar-refractivity contribution in [2.45, 2.75) is 37.5 Å². The number of aromatic amines is 1. The summed E-state index contributed by atoms with van der Waals surface area (Å²) in [5.74, 6) is 1.10. The lowest BCUT2D eigenvalue weighted by Crippen LogP contribution is -2.47. The fourth-order valence-electron chi connectivity index (χ4n) is 5.56. The fraction of sp³-hybridized carbons (Fsp3) is 0.345. The molecule has 0 radical (unpaired) electrons. The largest absolute Gasteiger partial charge is 0.391 e. The van der Waals surface area contributed by atoms with E-state index in [4.69, 9.17) is 0 Å². The van der Waals surface area contributed by atoms with Gasteiger partial charge in [-0.15, -0.1) is 0 Å². The molecule has 3 N–H and O–H groups in total. The van der Waals surface area contributed by atoms with Crippen molar-refractivity contribution >= 4 is 22.8 Å². The Bertz CT molecular complexity index is 1680. The van der Waals surface area contributed by atoms with Crippen LogP contribution in [-0.4, -0.2) is 77.2 Å². The number of benzene rings is 1. The number of rotatable bonds is 6. The summed E-state index contributed by atoms with van der Waals surface area (Å²) in [7, 11) is 0. The van der Waals surface area contributed by atoms with Gasteiger partial charge in [0.25, 0.3) is 0 Å². The first kappa shape index (κ1) is 25.5. The minimum atomic E-state index is -1.34. The highest BCUT2D eigenvalue weighted by atomic mass is 19.1. The zero-order valence-corrected chi connectivity index (χ0v) is 22.5. The maximum Gasteiger partial charge on any atom is 0.225 e. The minimum absolute atomic E-state index is 0.0444. The molecule has 1 aliphatic heterocycles. The van der Waals surface area contributed by atoms with Gasteiger partial charge in [0.2, 0.25) is 5.95 Å². The van der Waals surface area contributed by atoms with Crippen molar-refractivity contribution in [2.24, 2.45) is 0 Å². The second-order valence-corrected chi connectivity index (χ2v) is 10.9. The van der Waals surface area contributed by atoms with Crippen LogP contribution in [-0.2, 0) is 5.60 Å². The van der Waals surface area contributed by atoms with Gasteiger partial charge in [0.1, 0.15) is 29.2 Å². The van der Waals surface area contributed by atoms with Gasteiger partial charge in [-0.3, -0.25) is 4.68 Å². The normalized spacial score (nSPS) is 20.7. The number of H-pyrrole nitrogens is 1. The Morgan fingerprint density at radius 2 is 1.66 bits per heavy atom. The monoisotopic (exact) mass is 555 g/mol. The Labute approximate surface area is 235 Å². The van der Waals surface area contributed by atoms with Gasteiger partial charge in [-0.25, -0.2) is 24.3 Å². The van der Waals surface area contributed by atoms with E-state index >= 15 is 0 Å².